The molecule has 5 aromatic rings. The van der Waals surface area contributed by atoms with Crippen molar-refractivity contribution in [2.45, 2.75) is 17.3 Å². The highest BCUT2D eigenvalue weighted by Gasteiger charge is 2.23. The third-order valence-electron chi connectivity index (χ3n) is 7.45. The van der Waals surface area contributed by atoms with Crippen molar-refractivity contribution in [2.75, 3.05) is 42.0 Å². The highest BCUT2D eigenvalue weighted by atomic mass is 32.2. The first-order valence-electron chi connectivity index (χ1n) is 15.6. The minimum atomic E-state index is -0.562. The summed E-state index contributed by atoms with van der Waals surface area (Å²) in [6.45, 7) is -0.252. The predicted octanol–water partition coefficient (Wildman–Crippen LogP) is 8.03. The lowest BCUT2D eigenvalue weighted by atomic mass is 9.95. The summed E-state index contributed by atoms with van der Waals surface area (Å²) in [4.78, 5) is 25.9. The van der Waals surface area contributed by atoms with Gasteiger partial charge in [0.05, 0.1) is 20.8 Å². The van der Waals surface area contributed by atoms with E-state index in [2.05, 4.69) is 12.1 Å². The summed E-state index contributed by atoms with van der Waals surface area (Å²) in [5, 5.41) is 9.76. The molecule has 9 nitrogen and oxygen atoms in total. The molecule has 5 aromatic carbocycles. The Balaban J connectivity index is 0.000000232. The Morgan fingerprint density at radius 2 is 0.980 bits per heavy atom. The third-order valence-corrected chi connectivity index (χ3v) is 8.49. The topological polar surface area (TPSA) is 110 Å². The van der Waals surface area contributed by atoms with Crippen LogP contribution >= 0.6 is 11.8 Å². The lowest BCUT2D eigenvalue weighted by Gasteiger charge is -2.18. The summed E-state index contributed by atoms with van der Waals surface area (Å²) >= 11 is 1.66. The molecule has 0 fully saturated rings. The number of ether oxygens (including phenoxy) is 6. The largest absolute Gasteiger partial charge is 0.467 e. The van der Waals surface area contributed by atoms with Crippen LogP contribution in [0.4, 0.5) is 0 Å². The molecular weight excluding hydrogens is 656 g/mol. The molecule has 0 saturated heterocycles. The second-order valence-electron chi connectivity index (χ2n) is 10.5. The van der Waals surface area contributed by atoms with E-state index < -0.39 is 11.9 Å². The molecule has 0 aliphatic rings. The quantitative estimate of drug-likeness (QED) is 0.0696. The Bertz CT molecular complexity index is 1810. The Hall–Kier alpha value is -5.13. The molecule has 0 aliphatic heterocycles. The van der Waals surface area contributed by atoms with Gasteiger partial charge in [-0.05, 0) is 52.1 Å². The van der Waals surface area contributed by atoms with Gasteiger partial charge in [0.1, 0.15) is 22.6 Å². The van der Waals surface area contributed by atoms with Gasteiger partial charge >= 0.3 is 11.9 Å². The zero-order valence-electron chi connectivity index (χ0n) is 28.4. The molecule has 0 saturated carbocycles. The first-order valence-corrected chi connectivity index (χ1v) is 16.6. The van der Waals surface area contributed by atoms with Gasteiger partial charge in [0.2, 0.25) is 0 Å². The number of aliphatic hydroxyl groups excluding tert-OH is 1. The second-order valence-corrected chi connectivity index (χ2v) is 11.6. The average molecular weight is 697 g/mol. The number of methoxy groups -OCH3 is 4. The molecular formula is C40H40O9S. The van der Waals surface area contributed by atoms with Crippen LogP contribution < -0.4 is 9.47 Å². The molecule has 10 heteroatoms. The fourth-order valence-electron chi connectivity index (χ4n) is 5.15. The van der Waals surface area contributed by atoms with Crippen LogP contribution in [0.3, 0.4) is 0 Å². The molecule has 50 heavy (non-hydrogen) atoms. The summed E-state index contributed by atoms with van der Waals surface area (Å²) in [7, 11) is 5.70. The van der Waals surface area contributed by atoms with Crippen molar-refractivity contribution >= 4 is 23.7 Å². The van der Waals surface area contributed by atoms with Gasteiger partial charge in [0.25, 0.3) is 0 Å². The van der Waals surface area contributed by atoms with Crippen LogP contribution in [0.2, 0.25) is 0 Å². The van der Waals surface area contributed by atoms with Crippen LogP contribution in [-0.4, -0.2) is 59.1 Å². The van der Waals surface area contributed by atoms with Gasteiger partial charge in [0, 0.05) is 30.4 Å². The van der Waals surface area contributed by atoms with E-state index >= 15 is 0 Å². The zero-order chi connectivity index (χ0) is 35.7. The van der Waals surface area contributed by atoms with Crippen LogP contribution in [0.5, 0.6) is 11.5 Å². The number of hydrogen-bond acceptors (Lipinski definition) is 10. The lowest BCUT2D eigenvalue weighted by molar-refractivity contribution is 0.0456. The summed E-state index contributed by atoms with van der Waals surface area (Å²) < 4.78 is 30.8. The monoisotopic (exact) mass is 696 g/mol. The van der Waals surface area contributed by atoms with Gasteiger partial charge in [-0.25, -0.2) is 9.59 Å². The van der Waals surface area contributed by atoms with Gasteiger partial charge in [-0.3, -0.25) is 0 Å². The zero-order valence-corrected chi connectivity index (χ0v) is 29.2. The first kappa shape index (κ1) is 37.7. The maximum atomic E-state index is 12.7. The summed E-state index contributed by atoms with van der Waals surface area (Å²) in [6.07, 6.45) is 0. The molecule has 0 heterocycles. The van der Waals surface area contributed by atoms with Gasteiger partial charge < -0.3 is 33.5 Å². The molecule has 260 valence electrons. The number of carbonyl (C=O) groups excluding carboxylic acids is 2. The Morgan fingerprint density at radius 3 is 1.40 bits per heavy atom. The standard InChI is InChI=1S/C23H22O4S.C17H18O5/c1-25-16-27-21-14-13-19(17-9-5-3-6-10-17)20(22(21)23(24)26-2)15-28-18-11-7-4-8-12-18;1-20-11-22-15-9-8-13(12-6-4-3-5-7-12)14(10-18)16(15)17(19)21-2/h3-14H,15-16H2,1-2H3;3-9,18H,10-11H2,1-2H3. The molecule has 0 amide bonds. The Labute approximate surface area is 296 Å². The number of esters is 2. The van der Waals surface area contributed by atoms with E-state index in [1.165, 1.54) is 21.3 Å². The number of hydrogen-bond donors (Lipinski definition) is 1. The summed E-state index contributed by atoms with van der Waals surface area (Å²) in [5.41, 5.74) is 5.66. The van der Waals surface area contributed by atoms with E-state index in [4.69, 9.17) is 28.4 Å². The maximum absolute atomic E-state index is 12.7. The van der Waals surface area contributed by atoms with Crippen LogP contribution in [0.25, 0.3) is 22.3 Å². The van der Waals surface area contributed by atoms with E-state index in [1.54, 1.807) is 37.1 Å². The fourth-order valence-corrected chi connectivity index (χ4v) is 6.11. The molecule has 0 spiro atoms. The van der Waals surface area contributed by atoms with E-state index in [0.717, 1.165) is 32.7 Å². The average Bonchev–Trinajstić information content (AvgIpc) is 3.18. The molecule has 0 aliphatic carbocycles. The van der Waals surface area contributed by atoms with Crippen molar-refractivity contribution in [2.24, 2.45) is 0 Å². The van der Waals surface area contributed by atoms with Crippen molar-refractivity contribution < 1.29 is 43.1 Å². The minimum Gasteiger partial charge on any atom is -0.467 e. The van der Waals surface area contributed by atoms with E-state index in [9.17, 15) is 14.7 Å². The van der Waals surface area contributed by atoms with Crippen molar-refractivity contribution in [3.63, 3.8) is 0 Å². The lowest BCUT2D eigenvalue weighted by Crippen LogP contribution is -2.12. The highest BCUT2D eigenvalue weighted by Crippen LogP contribution is 2.37. The fraction of sp³-hybridized carbons (Fsp3) is 0.200. The molecule has 0 bridgehead atoms. The first-order chi connectivity index (χ1) is 24.5. The van der Waals surface area contributed by atoms with E-state index in [0.29, 0.717) is 28.4 Å². The number of carbonyl (C=O) groups is 2. The van der Waals surface area contributed by atoms with Crippen LogP contribution in [0, 0.1) is 0 Å². The summed E-state index contributed by atoms with van der Waals surface area (Å²) in [6, 6.07) is 36.8. The predicted molar refractivity (Wildman–Crippen MR) is 193 cm³/mol. The minimum absolute atomic E-state index is 0.000450. The maximum Gasteiger partial charge on any atom is 0.342 e. The normalized spacial score (nSPS) is 10.4. The van der Waals surface area contributed by atoms with Crippen molar-refractivity contribution in [3.05, 3.63) is 138 Å². The van der Waals surface area contributed by atoms with Crippen molar-refractivity contribution in [1.82, 2.24) is 0 Å². The highest BCUT2D eigenvalue weighted by molar-refractivity contribution is 7.98. The molecule has 0 atom stereocenters. The second kappa shape index (κ2) is 19.8. The SMILES string of the molecule is COCOc1ccc(-c2ccccc2)c(CO)c1C(=O)OC.COCOc1ccc(-c2ccccc2)c(CSc2ccccc2)c1C(=O)OC. The van der Waals surface area contributed by atoms with Crippen LogP contribution in [-0.2, 0) is 31.3 Å². The Morgan fingerprint density at radius 1 is 0.560 bits per heavy atom. The third kappa shape index (κ3) is 9.73. The smallest absolute Gasteiger partial charge is 0.342 e. The van der Waals surface area contributed by atoms with Gasteiger partial charge in [-0.1, -0.05) is 91.0 Å². The van der Waals surface area contributed by atoms with E-state index in [-0.39, 0.29) is 25.8 Å². The van der Waals surface area contributed by atoms with E-state index in [1.807, 2.05) is 84.9 Å². The molecule has 0 radical (unpaired) electrons. The number of thioether (sulfide) groups is 1. The number of rotatable bonds is 14. The van der Waals surface area contributed by atoms with Gasteiger partial charge in [0.15, 0.2) is 13.6 Å². The number of benzene rings is 5. The van der Waals surface area contributed by atoms with Crippen molar-refractivity contribution in [3.8, 4) is 33.8 Å². The van der Waals surface area contributed by atoms with Gasteiger partial charge in [-0.2, -0.15) is 0 Å². The molecule has 0 aromatic heterocycles. The molecule has 5 rings (SSSR count). The van der Waals surface area contributed by atoms with Gasteiger partial charge in [-0.15, -0.1) is 11.8 Å². The molecule has 1 N–H and O–H groups in total. The van der Waals surface area contributed by atoms with Crippen molar-refractivity contribution in [1.29, 1.82) is 0 Å². The number of aliphatic hydroxyl groups is 1. The summed E-state index contributed by atoms with van der Waals surface area (Å²) in [5.74, 6) is 0.387. The van der Waals surface area contributed by atoms with Crippen LogP contribution in [0.1, 0.15) is 31.8 Å². The Kier molecular flexibility index (Phi) is 14.9. The molecule has 0 unspecified atom stereocenters. The van der Waals surface area contributed by atoms with Crippen LogP contribution in [0.15, 0.2) is 120 Å².